The molecule has 1 spiro atoms. The Bertz CT molecular complexity index is 749. The van der Waals surface area contributed by atoms with Crippen molar-refractivity contribution in [2.45, 2.75) is 64.3 Å². The lowest BCUT2D eigenvalue weighted by Gasteiger charge is -2.67. The molecular formula is C22H32O7. The standard InChI is InChI=1S/C22H32O7/c1-11-13-4-5-14-21(9-23)15(8-17(26)22(14,18(11)27)19(13)28)20(3,7-6-16(21)25)10-29-12(2)24/h13-17,19,23,25-26,28H,1,4-10H2,2-3H3/t13-,14-,15+,16-,17+,19+,20+,21-,22-/m0/s1. The number of ether oxygens (including phenoxy) is 1. The number of esters is 1. The molecule has 0 aromatic rings. The van der Waals surface area contributed by atoms with Crippen molar-refractivity contribution in [3.05, 3.63) is 12.2 Å². The van der Waals surface area contributed by atoms with Crippen molar-refractivity contribution in [1.29, 1.82) is 0 Å². The molecule has 0 heterocycles. The molecule has 0 aromatic heterocycles. The second-order valence-electron chi connectivity index (χ2n) is 10.0. The highest BCUT2D eigenvalue weighted by Gasteiger charge is 2.76. The molecule has 4 aliphatic rings. The number of aliphatic hydroxyl groups excluding tert-OH is 4. The molecule has 7 nitrogen and oxygen atoms in total. The van der Waals surface area contributed by atoms with E-state index in [1.54, 1.807) is 0 Å². The highest BCUT2D eigenvalue weighted by Crippen LogP contribution is 2.71. The van der Waals surface area contributed by atoms with Crippen molar-refractivity contribution >= 4 is 11.8 Å². The maximum absolute atomic E-state index is 13.3. The molecule has 0 radical (unpaired) electrons. The lowest BCUT2D eigenvalue weighted by molar-refractivity contribution is -0.272. The van der Waals surface area contributed by atoms with Crippen LogP contribution in [0, 0.1) is 34.0 Å². The Balaban J connectivity index is 1.85. The minimum Gasteiger partial charge on any atom is -0.465 e. The van der Waals surface area contributed by atoms with E-state index in [4.69, 9.17) is 4.74 Å². The third-order valence-corrected chi connectivity index (χ3v) is 8.98. The van der Waals surface area contributed by atoms with Gasteiger partial charge in [-0.3, -0.25) is 9.59 Å². The van der Waals surface area contributed by atoms with Crippen LogP contribution >= 0.6 is 0 Å². The van der Waals surface area contributed by atoms with Crippen molar-refractivity contribution in [2.75, 3.05) is 13.2 Å². The predicted octanol–water partition coefficient (Wildman–Crippen LogP) is 0.582. The van der Waals surface area contributed by atoms with Crippen LogP contribution in [0.15, 0.2) is 12.2 Å². The van der Waals surface area contributed by atoms with Gasteiger partial charge in [-0.25, -0.2) is 0 Å². The van der Waals surface area contributed by atoms with Gasteiger partial charge in [-0.1, -0.05) is 13.5 Å². The largest absolute Gasteiger partial charge is 0.465 e. The summed E-state index contributed by atoms with van der Waals surface area (Å²) >= 11 is 0. The van der Waals surface area contributed by atoms with E-state index in [0.29, 0.717) is 31.3 Å². The van der Waals surface area contributed by atoms with Crippen LogP contribution in [0.4, 0.5) is 0 Å². The first kappa shape index (κ1) is 21.0. The minimum absolute atomic E-state index is 0.125. The molecule has 0 aliphatic heterocycles. The van der Waals surface area contributed by atoms with Gasteiger partial charge in [0.1, 0.15) is 0 Å². The Morgan fingerprint density at radius 3 is 2.48 bits per heavy atom. The maximum Gasteiger partial charge on any atom is 0.302 e. The van der Waals surface area contributed by atoms with E-state index in [1.165, 1.54) is 6.92 Å². The van der Waals surface area contributed by atoms with E-state index >= 15 is 0 Å². The summed E-state index contributed by atoms with van der Waals surface area (Å²) < 4.78 is 5.33. The van der Waals surface area contributed by atoms with E-state index in [9.17, 15) is 30.0 Å². The Kier molecular flexibility index (Phi) is 4.78. The van der Waals surface area contributed by atoms with Gasteiger partial charge in [-0.05, 0) is 49.5 Å². The lowest BCUT2D eigenvalue weighted by Crippen LogP contribution is -2.72. The smallest absolute Gasteiger partial charge is 0.302 e. The summed E-state index contributed by atoms with van der Waals surface area (Å²) in [7, 11) is 0. The lowest BCUT2D eigenvalue weighted by atomic mass is 9.38. The van der Waals surface area contributed by atoms with Gasteiger partial charge < -0.3 is 25.2 Å². The summed E-state index contributed by atoms with van der Waals surface area (Å²) in [6, 6.07) is 0. The molecule has 4 saturated carbocycles. The van der Waals surface area contributed by atoms with E-state index < -0.39 is 46.4 Å². The van der Waals surface area contributed by atoms with Crippen LogP contribution in [-0.2, 0) is 14.3 Å². The first-order chi connectivity index (χ1) is 13.6. The van der Waals surface area contributed by atoms with Crippen molar-refractivity contribution in [3.63, 3.8) is 0 Å². The van der Waals surface area contributed by atoms with Crippen molar-refractivity contribution in [2.24, 2.45) is 34.0 Å². The van der Waals surface area contributed by atoms with Gasteiger partial charge in [0.2, 0.25) is 0 Å². The highest BCUT2D eigenvalue weighted by molar-refractivity contribution is 6.04. The van der Waals surface area contributed by atoms with E-state index in [1.807, 2.05) is 6.92 Å². The molecule has 9 atom stereocenters. The third-order valence-electron chi connectivity index (χ3n) is 8.98. The van der Waals surface area contributed by atoms with Crippen LogP contribution in [0.1, 0.15) is 46.0 Å². The summed E-state index contributed by atoms with van der Waals surface area (Å²) in [6.45, 7) is 6.96. The summed E-state index contributed by atoms with van der Waals surface area (Å²) in [5.74, 6) is -2.04. The van der Waals surface area contributed by atoms with Gasteiger partial charge >= 0.3 is 5.97 Å². The number of fused-ring (bicyclic) bond motifs is 3. The number of carbonyl (C=O) groups is 2. The normalized spacial score (nSPS) is 51.4. The van der Waals surface area contributed by atoms with Gasteiger partial charge in [0.25, 0.3) is 0 Å². The molecule has 2 bridgehead atoms. The highest BCUT2D eigenvalue weighted by atomic mass is 16.5. The molecule has 4 fully saturated rings. The van der Waals surface area contributed by atoms with Crippen molar-refractivity contribution in [3.8, 4) is 0 Å². The van der Waals surface area contributed by atoms with Crippen molar-refractivity contribution in [1.82, 2.24) is 0 Å². The molecular weight excluding hydrogens is 376 g/mol. The fourth-order valence-electron chi connectivity index (χ4n) is 7.63. The number of carbonyl (C=O) groups excluding carboxylic acids is 2. The van der Waals surface area contributed by atoms with Gasteiger partial charge in [-0.2, -0.15) is 0 Å². The Morgan fingerprint density at radius 2 is 1.86 bits per heavy atom. The first-order valence-corrected chi connectivity index (χ1v) is 10.6. The molecule has 0 aromatic carbocycles. The fraction of sp³-hybridized carbons (Fsp3) is 0.818. The molecule has 4 N–H and O–H groups in total. The Morgan fingerprint density at radius 1 is 1.17 bits per heavy atom. The van der Waals surface area contributed by atoms with Crippen LogP contribution in [-0.4, -0.2) is 63.7 Å². The van der Waals surface area contributed by atoms with Gasteiger partial charge in [-0.15, -0.1) is 0 Å². The summed E-state index contributed by atoms with van der Waals surface area (Å²) in [4.78, 5) is 24.8. The fourth-order valence-corrected chi connectivity index (χ4v) is 7.63. The molecule has 0 unspecified atom stereocenters. The molecule has 7 heteroatoms. The van der Waals surface area contributed by atoms with E-state index in [2.05, 4.69) is 6.58 Å². The molecule has 4 rings (SSSR count). The zero-order valence-corrected chi connectivity index (χ0v) is 17.1. The molecule has 162 valence electrons. The number of ketones is 1. The van der Waals surface area contributed by atoms with Gasteiger partial charge in [0.05, 0.1) is 36.9 Å². The first-order valence-electron chi connectivity index (χ1n) is 10.6. The monoisotopic (exact) mass is 408 g/mol. The topological polar surface area (TPSA) is 124 Å². The number of Topliss-reactive ketones (excluding diaryl/α,β-unsaturated/α-hetero) is 1. The zero-order valence-electron chi connectivity index (χ0n) is 17.1. The van der Waals surface area contributed by atoms with Gasteiger partial charge in [0, 0.05) is 23.7 Å². The Labute approximate surface area is 170 Å². The second kappa shape index (κ2) is 6.61. The van der Waals surface area contributed by atoms with Gasteiger partial charge in [0.15, 0.2) is 5.78 Å². The molecule has 0 saturated heterocycles. The van der Waals surface area contributed by atoms with E-state index in [0.717, 1.165) is 0 Å². The van der Waals surface area contributed by atoms with Crippen LogP contribution in [0.3, 0.4) is 0 Å². The van der Waals surface area contributed by atoms with Crippen molar-refractivity contribution < 1.29 is 34.8 Å². The third kappa shape index (κ3) is 2.39. The summed E-state index contributed by atoms with van der Waals surface area (Å²) in [5.41, 5.74) is -2.70. The SMILES string of the molecule is C=C1C(=O)[C@@]23[C@H](O)C[C@@H]4[C@@](C)(COC(C)=O)CC[C@H](O)[C@@]4(CO)[C@@H]2CC[C@@H]1[C@H]3O. The number of hydrogen-bond acceptors (Lipinski definition) is 7. The number of rotatable bonds is 3. The minimum atomic E-state index is -1.43. The average Bonchev–Trinajstić information content (AvgIpc) is 2.78. The summed E-state index contributed by atoms with van der Waals surface area (Å²) in [5, 5.41) is 44.3. The quantitative estimate of drug-likeness (QED) is 0.398. The average molecular weight is 408 g/mol. The number of hydrogen-bond donors (Lipinski definition) is 4. The molecule has 4 aliphatic carbocycles. The Hall–Kier alpha value is -1.28. The number of aliphatic hydroxyl groups is 4. The van der Waals surface area contributed by atoms with Crippen LogP contribution < -0.4 is 0 Å². The van der Waals surface area contributed by atoms with Crippen LogP contribution in [0.5, 0.6) is 0 Å². The molecule has 0 amide bonds. The van der Waals surface area contributed by atoms with Crippen LogP contribution in [0.25, 0.3) is 0 Å². The summed E-state index contributed by atoms with van der Waals surface area (Å²) in [6.07, 6.45) is -0.873. The zero-order chi connectivity index (χ0) is 21.4. The predicted molar refractivity (Wildman–Crippen MR) is 102 cm³/mol. The molecule has 29 heavy (non-hydrogen) atoms. The maximum atomic E-state index is 13.3. The van der Waals surface area contributed by atoms with E-state index in [-0.39, 0.29) is 37.3 Å². The van der Waals surface area contributed by atoms with Crippen LogP contribution in [0.2, 0.25) is 0 Å². The second-order valence-corrected chi connectivity index (χ2v) is 10.0.